The van der Waals surface area contributed by atoms with Gasteiger partial charge in [-0.15, -0.1) is 24.0 Å². The van der Waals surface area contributed by atoms with Gasteiger partial charge in [-0.1, -0.05) is 42.4 Å². The fourth-order valence-electron chi connectivity index (χ4n) is 3.13. The second-order valence-electron chi connectivity index (χ2n) is 7.05. The molecular formula is C20H29IN6O3. The molecule has 0 radical (unpaired) electrons. The van der Waals surface area contributed by atoms with E-state index in [0.717, 1.165) is 18.4 Å². The monoisotopic (exact) mass is 528 g/mol. The SMILES string of the molecule is CCOC(=O)N1CCC(NC(N)=NCC(C)c2nc(-c3ccccc3)no2)CC1.I. The molecule has 2 aromatic rings. The summed E-state index contributed by atoms with van der Waals surface area (Å²) in [5.41, 5.74) is 6.95. The molecule has 1 aliphatic rings. The van der Waals surface area contributed by atoms with E-state index in [1.807, 2.05) is 37.3 Å². The van der Waals surface area contributed by atoms with Gasteiger partial charge in [-0.25, -0.2) is 4.79 Å². The molecule has 3 N–H and O–H groups in total. The number of ether oxygens (including phenoxy) is 1. The zero-order valence-corrected chi connectivity index (χ0v) is 19.6. The Morgan fingerprint density at radius 3 is 2.73 bits per heavy atom. The summed E-state index contributed by atoms with van der Waals surface area (Å²) in [7, 11) is 0. The van der Waals surface area contributed by atoms with Gasteiger partial charge in [0.25, 0.3) is 0 Å². The van der Waals surface area contributed by atoms with Gasteiger partial charge in [-0.3, -0.25) is 4.99 Å². The topological polar surface area (TPSA) is 119 Å². The van der Waals surface area contributed by atoms with Gasteiger partial charge in [-0.05, 0) is 19.8 Å². The molecule has 9 nitrogen and oxygen atoms in total. The van der Waals surface area contributed by atoms with Crippen LogP contribution in [0.1, 0.15) is 38.5 Å². The number of amides is 1. The van der Waals surface area contributed by atoms with Gasteiger partial charge < -0.3 is 25.2 Å². The number of hydrogen-bond donors (Lipinski definition) is 2. The van der Waals surface area contributed by atoms with Crippen molar-refractivity contribution in [1.29, 1.82) is 0 Å². The van der Waals surface area contributed by atoms with Crippen LogP contribution in [-0.4, -0.2) is 59.4 Å². The Morgan fingerprint density at radius 2 is 2.07 bits per heavy atom. The molecule has 10 heteroatoms. The Labute approximate surface area is 193 Å². The number of halogens is 1. The van der Waals surface area contributed by atoms with Crippen LogP contribution >= 0.6 is 24.0 Å². The number of carbonyl (C=O) groups is 1. The summed E-state index contributed by atoms with van der Waals surface area (Å²) < 4.78 is 10.4. The number of guanidine groups is 1. The molecule has 0 bridgehead atoms. The second-order valence-corrected chi connectivity index (χ2v) is 7.05. The minimum absolute atomic E-state index is 0. The van der Waals surface area contributed by atoms with E-state index < -0.39 is 0 Å². The first kappa shape index (κ1) is 23.9. The molecule has 0 saturated carbocycles. The number of piperidine rings is 1. The number of aliphatic imine (C=N–C) groups is 1. The summed E-state index contributed by atoms with van der Waals surface area (Å²) in [4.78, 5) is 22.3. The van der Waals surface area contributed by atoms with Crippen molar-refractivity contribution in [2.45, 2.75) is 38.6 Å². The number of likely N-dealkylation sites (tertiary alicyclic amines) is 1. The van der Waals surface area contributed by atoms with Crippen molar-refractivity contribution < 1.29 is 14.1 Å². The predicted molar refractivity (Wildman–Crippen MR) is 125 cm³/mol. The summed E-state index contributed by atoms with van der Waals surface area (Å²) in [6.45, 7) is 5.89. The number of aromatic nitrogens is 2. The third-order valence-electron chi connectivity index (χ3n) is 4.80. The van der Waals surface area contributed by atoms with Crippen molar-refractivity contribution in [3.63, 3.8) is 0 Å². The lowest BCUT2D eigenvalue weighted by molar-refractivity contribution is 0.0963. The summed E-state index contributed by atoms with van der Waals surface area (Å²) in [6, 6.07) is 9.87. The van der Waals surface area contributed by atoms with E-state index >= 15 is 0 Å². The lowest BCUT2D eigenvalue weighted by Gasteiger charge is -2.31. The van der Waals surface area contributed by atoms with Crippen LogP contribution in [-0.2, 0) is 4.74 Å². The maximum Gasteiger partial charge on any atom is 0.409 e. The number of rotatable bonds is 6. The van der Waals surface area contributed by atoms with E-state index in [2.05, 4.69) is 20.4 Å². The highest BCUT2D eigenvalue weighted by molar-refractivity contribution is 14.0. The van der Waals surface area contributed by atoms with Crippen molar-refractivity contribution in [1.82, 2.24) is 20.4 Å². The first-order valence-electron chi connectivity index (χ1n) is 9.94. The molecule has 2 heterocycles. The molecule has 1 atom stereocenters. The lowest BCUT2D eigenvalue weighted by atomic mass is 10.1. The first-order valence-corrected chi connectivity index (χ1v) is 9.94. The summed E-state index contributed by atoms with van der Waals surface area (Å²) in [5.74, 6) is 1.43. The highest BCUT2D eigenvalue weighted by Crippen LogP contribution is 2.19. The minimum atomic E-state index is -0.254. The molecule has 1 aromatic carbocycles. The van der Waals surface area contributed by atoms with Crippen molar-refractivity contribution >= 4 is 36.0 Å². The Bertz CT molecular complexity index is 821. The normalized spacial score (nSPS) is 15.9. The van der Waals surface area contributed by atoms with Gasteiger partial charge in [0.05, 0.1) is 19.1 Å². The van der Waals surface area contributed by atoms with Gasteiger partial charge >= 0.3 is 6.09 Å². The van der Waals surface area contributed by atoms with Crippen LogP contribution in [0, 0.1) is 0 Å². The smallest absolute Gasteiger partial charge is 0.409 e. The number of carbonyl (C=O) groups excluding carboxylic acids is 1. The van der Waals surface area contributed by atoms with E-state index in [1.54, 1.807) is 11.8 Å². The van der Waals surface area contributed by atoms with E-state index in [4.69, 9.17) is 15.0 Å². The lowest BCUT2D eigenvalue weighted by Crippen LogP contribution is -2.48. The number of nitrogens with zero attached hydrogens (tertiary/aromatic N) is 4. The van der Waals surface area contributed by atoms with Crippen LogP contribution in [0.2, 0.25) is 0 Å². The van der Waals surface area contributed by atoms with E-state index in [-0.39, 0.29) is 42.0 Å². The zero-order chi connectivity index (χ0) is 20.6. The Balaban J connectivity index is 0.00000320. The van der Waals surface area contributed by atoms with Crippen LogP contribution in [0.25, 0.3) is 11.4 Å². The number of hydrogen-bond acceptors (Lipinski definition) is 6. The molecule has 164 valence electrons. The average Bonchev–Trinajstić information content (AvgIpc) is 3.24. The molecule has 1 saturated heterocycles. The standard InChI is InChI=1S/C20H28N6O3.HI/c1-3-28-20(27)26-11-9-16(10-12-26)23-19(21)22-13-14(2)18-24-17(25-29-18)15-7-5-4-6-8-15;/h4-8,14,16H,3,9-13H2,1-2H3,(H3,21,22,23);1H. The summed E-state index contributed by atoms with van der Waals surface area (Å²) in [5, 5.41) is 7.27. The maximum absolute atomic E-state index is 11.7. The second kappa shape index (κ2) is 11.7. The molecule has 0 aliphatic carbocycles. The van der Waals surface area contributed by atoms with Gasteiger partial charge in [0.1, 0.15) is 0 Å². The van der Waals surface area contributed by atoms with Crippen LogP contribution in [0.5, 0.6) is 0 Å². The van der Waals surface area contributed by atoms with Crippen LogP contribution in [0.4, 0.5) is 4.79 Å². The summed E-state index contributed by atoms with van der Waals surface area (Å²) in [6.07, 6.45) is 1.35. The molecule has 0 spiro atoms. The zero-order valence-electron chi connectivity index (χ0n) is 17.3. The predicted octanol–water partition coefficient (Wildman–Crippen LogP) is 2.98. The van der Waals surface area contributed by atoms with Gasteiger partial charge in [0, 0.05) is 24.7 Å². The minimum Gasteiger partial charge on any atom is -0.450 e. The molecule has 1 amide bonds. The van der Waals surface area contributed by atoms with Crippen molar-refractivity contribution in [2.75, 3.05) is 26.2 Å². The van der Waals surface area contributed by atoms with Crippen molar-refractivity contribution in [3.05, 3.63) is 36.2 Å². The van der Waals surface area contributed by atoms with Crippen LogP contribution < -0.4 is 11.1 Å². The quantitative estimate of drug-likeness (QED) is 0.336. The van der Waals surface area contributed by atoms with E-state index in [0.29, 0.717) is 43.9 Å². The molecule has 3 rings (SSSR count). The number of nitrogens with two attached hydrogens (primary N) is 1. The Morgan fingerprint density at radius 1 is 1.37 bits per heavy atom. The van der Waals surface area contributed by atoms with Gasteiger partial charge in [-0.2, -0.15) is 4.98 Å². The highest BCUT2D eigenvalue weighted by Gasteiger charge is 2.23. The van der Waals surface area contributed by atoms with Gasteiger partial charge in [0.15, 0.2) is 5.96 Å². The average molecular weight is 528 g/mol. The third kappa shape index (κ3) is 6.57. The molecule has 1 aliphatic heterocycles. The first-order chi connectivity index (χ1) is 14.1. The number of nitrogens with one attached hydrogen (secondary N) is 1. The fraction of sp³-hybridized carbons (Fsp3) is 0.500. The third-order valence-corrected chi connectivity index (χ3v) is 4.80. The van der Waals surface area contributed by atoms with Crippen LogP contribution in [0.3, 0.4) is 0 Å². The molecular weight excluding hydrogens is 499 g/mol. The highest BCUT2D eigenvalue weighted by atomic mass is 127. The van der Waals surface area contributed by atoms with Crippen molar-refractivity contribution in [3.8, 4) is 11.4 Å². The Hall–Kier alpha value is -2.37. The molecule has 1 aromatic heterocycles. The number of benzene rings is 1. The largest absolute Gasteiger partial charge is 0.450 e. The van der Waals surface area contributed by atoms with E-state index in [1.165, 1.54) is 0 Å². The fourth-order valence-corrected chi connectivity index (χ4v) is 3.13. The maximum atomic E-state index is 11.7. The molecule has 30 heavy (non-hydrogen) atoms. The van der Waals surface area contributed by atoms with Crippen molar-refractivity contribution in [2.24, 2.45) is 10.7 Å². The molecule has 1 unspecified atom stereocenters. The van der Waals surface area contributed by atoms with E-state index in [9.17, 15) is 4.79 Å². The van der Waals surface area contributed by atoms with Gasteiger partial charge in [0.2, 0.25) is 11.7 Å². The summed E-state index contributed by atoms with van der Waals surface area (Å²) >= 11 is 0. The molecule has 1 fully saturated rings. The van der Waals surface area contributed by atoms with Crippen LogP contribution in [0.15, 0.2) is 39.8 Å². The Kier molecular flexibility index (Phi) is 9.34.